The number of carbonyl (C=O) groups excluding carboxylic acids is 2. The van der Waals surface area contributed by atoms with Gasteiger partial charge < -0.3 is 20.5 Å². The van der Waals surface area contributed by atoms with Crippen LogP contribution in [0.25, 0.3) is 0 Å². The molecule has 1 atom stereocenters. The first-order valence-electron chi connectivity index (χ1n) is 8.18. The van der Waals surface area contributed by atoms with Crippen molar-refractivity contribution in [3.63, 3.8) is 0 Å². The van der Waals surface area contributed by atoms with Gasteiger partial charge >= 0.3 is 12.5 Å². The second-order valence-corrected chi connectivity index (χ2v) is 6.62. The number of alkyl halides is 6. The number of anilines is 2. The maximum Gasteiger partial charge on any atom is 0.573 e. The number of aliphatic hydroxyl groups is 1. The lowest BCUT2D eigenvalue weighted by Crippen LogP contribution is -2.52. The molecule has 0 fully saturated rings. The molecular weight excluding hydrogens is 458 g/mol. The van der Waals surface area contributed by atoms with E-state index in [1.807, 2.05) is 0 Å². The Kier molecular flexibility index (Phi) is 6.76. The molecule has 168 valence electrons. The SMILES string of the molecule is CC(O)(C(=O)Nc1ccc(C(=O)Nc2ccccc2OC(F)(F)F)cc1Cl)C(F)(F)F. The van der Waals surface area contributed by atoms with Gasteiger partial charge in [-0.2, -0.15) is 13.2 Å². The fourth-order valence-electron chi connectivity index (χ4n) is 2.11. The van der Waals surface area contributed by atoms with Crippen LogP contribution in [0.1, 0.15) is 17.3 Å². The minimum Gasteiger partial charge on any atom is -0.404 e. The molecule has 6 nitrogen and oxygen atoms in total. The Balaban J connectivity index is 2.19. The van der Waals surface area contributed by atoms with Crippen molar-refractivity contribution >= 4 is 34.8 Å². The van der Waals surface area contributed by atoms with E-state index in [1.165, 1.54) is 12.1 Å². The highest BCUT2D eigenvalue weighted by Gasteiger charge is 2.55. The van der Waals surface area contributed by atoms with E-state index in [4.69, 9.17) is 11.6 Å². The summed E-state index contributed by atoms with van der Waals surface area (Å²) in [5, 5.41) is 13.0. The molecule has 2 aromatic rings. The number of nitrogens with one attached hydrogen (secondary N) is 2. The molecule has 1 unspecified atom stereocenters. The van der Waals surface area contributed by atoms with Crippen molar-refractivity contribution < 1.29 is 45.8 Å². The Bertz CT molecular complexity index is 992. The Morgan fingerprint density at radius 2 is 1.58 bits per heavy atom. The second-order valence-electron chi connectivity index (χ2n) is 6.22. The van der Waals surface area contributed by atoms with Gasteiger partial charge in [0.05, 0.1) is 16.4 Å². The normalized spacial score (nSPS) is 13.8. The average molecular weight is 471 g/mol. The van der Waals surface area contributed by atoms with Crippen molar-refractivity contribution in [2.75, 3.05) is 10.6 Å². The first-order valence-corrected chi connectivity index (χ1v) is 8.56. The zero-order valence-electron chi connectivity index (χ0n) is 15.4. The van der Waals surface area contributed by atoms with Crippen LogP contribution in [0.15, 0.2) is 42.5 Å². The number of benzene rings is 2. The molecule has 0 heterocycles. The third-order valence-electron chi connectivity index (χ3n) is 3.83. The summed E-state index contributed by atoms with van der Waals surface area (Å²) in [6.07, 6.45) is -10.3. The topological polar surface area (TPSA) is 87.7 Å². The quantitative estimate of drug-likeness (QED) is 0.551. The predicted octanol–water partition coefficient (Wildman–Crippen LogP) is 4.74. The lowest BCUT2D eigenvalue weighted by molar-refractivity contribution is -0.274. The molecule has 0 spiro atoms. The van der Waals surface area contributed by atoms with E-state index in [2.05, 4.69) is 10.1 Å². The zero-order chi connectivity index (χ0) is 23.6. The van der Waals surface area contributed by atoms with Gasteiger partial charge in [-0.15, -0.1) is 13.2 Å². The van der Waals surface area contributed by atoms with Gasteiger partial charge in [-0.25, -0.2) is 0 Å². The second kappa shape index (κ2) is 8.63. The molecule has 13 heteroatoms. The van der Waals surface area contributed by atoms with Gasteiger partial charge in [0.1, 0.15) is 0 Å². The van der Waals surface area contributed by atoms with E-state index in [0.29, 0.717) is 0 Å². The van der Waals surface area contributed by atoms with Gasteiger partial charge in [0, 0.05) is 5.56 Å². The molecule has 0 aliphatic rings. The van der Waals surface area contributed by atoms with Crippen molar-refractivity contribution in [3.8, 4) is 5.75 Å². The smallest absolute Gasteiger partial charge is 0.404 e. The highest BCUT2D eigenvalue weighted by Crippen LogP contribution is 2.33. The van der Waals surface area contributed by atoms with Crippen LogP contribution in [0.4, 0.5) is 37.7 Å². The monoisotopic (exact) mass is 470 g/mol. The summed E-state index contributed by atoms with van der Waals surface area (Å²) in [6, 6.07) is 7.71. The molecule has 2 rings (SSSR count). The molecule has 0 aromatic heterocycles. The van der Waals surface area contributed by atoms with Crippen LogP contribution in [-0.4, -0.2) is 35.1 Å². The first-order chi connectivity index (χ1) is 14.1. The Labute approximate surface area is 175 Å². The lowest BCUT2D eigenvalue weighted by atomic mass is 10.1. The van der Waals surface area contributed by atoms with E-state index < -0.39 is 35.7 Å². The van der Waals surface area contributed by atoms with E-state index in [0.717, 1.165) is 30.3 Å². The van der Waals surface area contributed by atoms with Crippen molar-refractivity contribution in [1.29, 1.82) is 0 Å². The number of para-hydroxylation sites is 2. The van der Waals surface area contributed by atoms with Crippen molar-refractivity contribution in [1.82, 2.24) is 0 Å². The van der Waals surface area contributed by atoms with Crippen LogP contribution in [0.5, 0.6) is 5.75 Å². The maximum absolute atomic E-state index is 12.7. The van der Waals surface area contributed by atoms with Crippen LogP contribution in [0.2, 0.25) is 5.02 Å². The third-order valence-corrected chi connectivity index (χ3v) is 4.15. The highest BCUT2D eigenvalue weighted by atomic mass is 35.5. The standard InChI is InChI=1S/C18H13ClF6N2O4/c1-16(30,17(20,21)22)15(29)27-11-7-6-9(8-10(11)19)14(28)26-12-4-2-3-5-13(12)31-18(23,24)25/h2-8,30H,1H3,(H,26,28)(H,27,29). The van der Waals surface area contributed by atoms with Gasteiger partial charge in [-0.05, 0) is 37.3 Å². The molecule has 0 bridgehead atoms. The van der Waals surface area contributed by atoms with Crippen LogP contribution in [0, 0.1) is 0 Å². The van der Waals surface area contributed by atoms with Gasteiger partial charge in [0.25, 0.3) is 11.8 Å². The van der Waals surface area contributed by atoms with Gasteiger partial charge in [-0.3, -0.25) is 9.59 Å². The molecule has 0 aliphatic carbocycles. The van der Waals surface area contributed by atoms with Crippen molar-refractivity contribution in [2.24, 2.45) is 0 Å². The minimum absolute atomic E-state index is 0.188. The molecular formula is C18H13ClF6N2O4. The number of hydrogen-bond acceptors (Lipinski definition) is 4. The molecule has 0 aliphatic heterocycles. The van der Waals surface area contributed by atoms with Crippen LogP contribution in [-0.2, 0) is 4.79 Å². The fourth-order valence-corrected chi connectivity index (χ4v) is 2.34. The summed E-state index contributed by atoms with van der Waals surface area (Å²) in [6.45, 7) is 0.249. The third kappa shape index (κ3) is 6.01. The fraction of sp³-hybridized carbons (Fsp3) is 0.222. The Morgan fingerprint density at radius 1 is 0.968 bits per heavy atom. The summed E-state index contributed by atoms with van der Waals surface area (Å²) in [5.41, 5.74) is -4.53. The molecule has 2 aromatic carbocycles. The number of rotatable bonds is 5. The van der Waals surface area contributed by atoms with E-state index >= 15 is 0 Å². The number of hydrogen-bond donors (Lipinski definition) is 3. The maximum atomic E-state index is 12.7. The molecule has 31 heavy (non-hydrogen) atoms. The first kappa shape index (κ1) is 24.3. The van der Waals surface area contributed by atoms with E-state index in [-0.39, 0.29) is 28.9 Å². The van der Waals surface area contributed by atoms with Crippen LogP contribution >= 0.6 is 11.6 Å². The van der Waals surface area contributed by atoms with E-state index in [9.17, 15) is 41.0 Å². The average Bonchev–Trinajstić information content (AvgIpc) is 2.62. The van der Waals surface area contributed by atoms with Crippen molar-refractivity contribution in [3.05, 3.63) is 53.1 Å². The largest absolute Gasteiger partial charge is 0.573 e. The summed E-state index contributed by atoms with van der Waals surface area (Å²) in [5.74, 6) is -3.40. The molecule has 0 radical (unpaired) electrons. The predicted molar refractivity (Wildman–Crippen MR) is 97.8 cm³/mol. The Hall–Kier alpha value is -2.99. The summed E-state index contributed by atoms with van der Waals surface area (Å²) in [7, 11) is 0. The molecule has 0 saturated carbocycles. The summed E-state index contributed by atoms with van der Waals surface area (Å²) < 4.78 is 79.4. The number of amides is 2. The number of carbonyl (C=O) groups is 2. The van der Waals surface area contributed by atoms with Gasteiger partial charge in [0.2, 0.25) is 5.60 Å². The molecule has 2 amide bonds. The number of ether oxygens (including phenoxy) is 1. The molecule has 0 saturated heterocycles. The van der Waals surface area contributed by atoms with Crippen molar-refractivity contribution in [2.45, 2.75) is 25.1 Å². The van der Waals surface area contributed by atoms with E-state index in [1.54, 1.807) is 5.32 Å². The highest BCUT2D eigenvalue weighted by molar-refractivity contribution is 6.34. The van der Waals surface area contributed by atoms with Gasteiger partial charge in [-0.1, -0.05) is 23.7 Å². The van der Waals surface area contributed by atoms with Gasteiger partial charge in [0.15, 0.2) is 5.75 Å². The summed E-state index contributed by atoms with van der Waals surface area (Å²) >= 11 is 5.87. The number of halogens is 7. The Morgan fingerprint density at radius 3 is 2.13 bits per heavy atom. The van der Waals surface area contributed by atoms with Crippen LogP contribution < -0.4 is 15.4 Å². The summed E-state index contributed by atoms with van der Waals surface area (Å²) in [4.78, 5) is 24.0. The van der Waals surface area contributed by atoms with Crippen LogP contribution in [0.3, 0.4) is 0 Å². The minimum atomic E-state index is -5.25. The lowest BCUT2D eigenvalue weighted by Gasteiger charge is -2.25. The zero-order valence-corrected chi connectivity index (χ0v) is 16.1. The molecule has 3 N–H and O–H groups in total.